The van der Waals surface area contributed by atoms with Crippen molar-refractivity contribution < 1.29 is 24.2 Å². The zero-order valence-corrected chi connectivity index (χ0v) is 14.3. The molecule has 1 aliphatic heterocycles. The van der Waals surface area contributed by atoms with Crippen molar-refractivity contribution in [2.24, 2.45) is 0 Å². The average Bonchev–Trinajstić information content (AvgIpc) is 3.26. The molecule has 0 spiro atoms. The van der Waals surface area contributed by atoms with Crippen LogP contribution in [0, 0.1) is 0 Å². The molecule has 1 aromatic heterocycles. The molecule has 2 atom stereocenters. The predicted octanol–water partition coefficient (Wildman–Crippen LogP) is 1.11. The van der Waals surface area contributed by atoms with Gasteiger partial charge in [-0.15, -0.1) is 5.10 Å². The lowest BCUT2D eigenvalue weighted by molar-refractivity contribution is -0.137. The van der Waals surface area contributed by atoms with Crippen LogP contribution in [0.3, 0.4) is 0 Å². The highest BCUT2D eigenvalue weighted by molar-refractivity contribution is 5.68. The first kappa shape index (κ1) is 17.9. The highest BCUT2D eigenvalue weighted by atomic mass is 16.6. The van der Waals surface area contributed by atoms with Gasteiger partial charge in [0.25, 0.3) is 0 Å². The van der Waals surface area contributed by atoms with Crippen LogP contribution in [0.1, 0.15) is 17.2 Å². The Kier molecular flexibility index (Phi) is 5.47. The van der Waals surface area contributed by atoms with Crippen LogP contribution in [0.25, 0.3) is 0 Å². The van der Waals surface area contributed by atoms with E-state index in [0.717, 1.165) is 5.56 Å². The van der Waals surface area contributed by atoms with Crippen LogP contribution >= 0.6 is 0 Å². The van der Waals surface area contributed by atoms with Crippen molar-refractivity contribution in [3.63, 3.8) is 0 Å². The second-order valence-electron chi connectivity index (χ2n) is 6.06. The average molecular weight is 360 g/mol. The van der Waals surface area contributed by atoms with Crippen LogP contribution in [0.2, 0.25) is 0 Å². The molecule has 9 heteroatoms. The normalized spacial score (nSPS) is 19.5. The number of methoxy groups -OCH3 is 1. The van der Waals surface area contributed by atoms with Gasteiger partial charge in [0.2, 0.25) is 0 Å². The number of carboxylic acids is 1. The predicted molar refractivity (Wildman–Crippen MR) is 89.4 cm³/mol. The third-order valence-electron chi connectivity index (χ3n) is 4.27. The molecule has 9 nitrogen and oxygen atoms in total. The fraction of sp³-hybridized carbons (Fsp3) is 0.412. The molecule has 1 N–H and O–H groups in total. The number of carboxylic acid groups (broad SMARTS) is 1. The third-order valence-corrected chi connectivity index (χ3v) is 4.27. The first-order chi connectivity index (χ1) is 12.6. The van der Waals surface area contributed by atoms with Crippen molar-refractivity contribution in [1.82, 2.24) is 19.9 Å². The van der Waals surface area contributed by atoms with Crippen molar-refractivity contribution in [3.8, 4) is 0 Å². The zero-order chi connectivity index (χ0) is 18.5. The summed E-state index contributed by atoms with van der Waals surface area (Å²) in [5.41, 5.74) is 1.51. The van der Waals surface area contributed by atoms with Gasteiger partial charge in [-0.3, -0.25) is 4.79 Å². The maximum absolute atomic E-state index is 12.3. The smallest absolute Gasteiger partial charge is 0.410 e. The van der Waals surface area contributed by atoms with Crippen LogP contribution < -0.4 is 0 Å². The highest BCUT2D eigenvalue weighted by Crippen LogP contribution is 2.28. The van der Waals surface area contributed by atoms with Gasteiger partial charge in [-0.2, -0.15) is 0 Å². The first-order valence-corrected chi connectivity index (χ1v) is 8.17. The first-order valence-electron chi connectivity index (χ1n) is 8.17. The van der Waals surface area contributed by atoms with E-state index in [0.29, 0.717) is 18.8 Å². The van der Waals surface area contributed by atoms with Gasteiger partial charge in [0, 0.05) is 19.9 Å². The van der Waals surface area contributed by atoms with Gasteiger partial charge in [0.05, 0.1) is 24.3 Å². The van der Waals surface area contributed by atoms with E-state index in [1.54, 1.807) is 18.2 Å². The summed E-state index contributed by atoms with van der Waals surface area (Å²) in [5, 5.41) is 16.7. The number of amides is 1. The Balaban J connectivity index is 1.61. The lowest BCUT2D eigenvalue weighted by atomic mass is 10.0. The molecule has 138 valence electrons. The topological polar surface area (TPSA) is 107 Å². The van der Waals surface area contributed by atoms with Gasteiger partial charge in [-0.1, -0.05) is 35.5 Å². The van der Waals surface area contributed by atoms with Gasteiger partial charge >= 0.3 is 12.1 Å². The number of aromatic nitrogens is 3. The van der Waals surface area contributed by atoms with Crippen molar-refractivity contribution >= 4 is 12.1 Å². The lowest BCUT2D eigenvalue weighted by Gasteiger charge is -2.15. The molecule has 0 radical (unpaired) electrons. The van der Waals surface area contributed by atoms with Crippen molar-refractivity contribution in [3.05, 3.63) is 47.8 Å². The third kappa shape index (κ3) is 4.17. The second kappa shape index (κ2) is 7.96. The molecule has 2 aromatic rings. The van der Waals surface area contributed by atoms with Crippen LogP contribution in [-0.4, -0.2) is 63.4 Å². The van der Waals surface area contributed by atoms with E-state index >= 15 is 0 Å². The van der Waals surface area contributed by atoms with Gasteiger partial charge in [0.1, 0.15) is 13.2 Å². The standard InChI is InChI=1S/C17H20N4O5/c1-25-15-9-20(17(24)26-11-12-5-3-2-4-6-12)7-13(15)14-8-21(19-18-14)10-16(22)23/h2-6,8,13,15H,7,9-11H2,1H3,(H,22,23)/t13-,15+/m0/s1. The van der Waals surface area contributed by atoms with Gasteiger partial charge in [0.15, 0.2) is 0 Å². The quantitative estimate of drug-likeness (QED) is 0.822. The van der Waals surface area contributed by atoms with Crippen molar-refractivity contribution in [2.45, 2.75) is 25.2 Å². The maximum atomic E-state index is 12.3. The number of carbonyl (C=O) groups excluding carboxylic acids is 1. The number of nitrogens with zero attached hydrogens (tertiary/aromatic N) is 4. The second-order valence-corrected chi connectivity index (χ2v) is 6.06. The molecule has 3 rings (SSSR count). The summed E-state index contributed by atoms with van der Waals surface area (Å²) in [4.78, 5) is 24.7. The summed E-state index contributed by atoms with van der Waals surface area (Å²) in [6.07, 6.45) is 0.898. The van der Waals surface area contributed by atoms with Crippen LogP contribution in [0.4, 0.5) is 4.79 Å². The summed E-state index contributed by atoms with van der Waals surface area (Å²) in [6.45, 7) is 0.686. The summed E-state index contributed by atoms with van der Waals surface area (Å²) >= 11 is 0. The molecule has 0 saturated carbocycles. The van der Waals surface area contributed by atoms with E-state index in [1.807, 2.05) is 30.3 Å². The Labute approximate surface area is 150 Å². The Bertz CT molecular complexity index is 764. The van der Waals surface area contributed by atoms with Gasteiger partial charge < -0.3 is 19.5 Å². The van der Waals surface area contributed by atoms with E-state index in [4.69, 9.17) is 14.6 Å². The minimum absolute atomic E-state index is 0.188. The van der Waals surface area contributed by atoms with E-state index in [1.165, 1.54) is 4.68 Å². The molecular weight excluding hydrogens is 340 g/mol. The summed E-state index contributed by atoms with van der Waals surface area (Å²) < 4.78 is 12.1. The summed E-state index contributed by atoms with van der Waals surface area (Å²) in [7, 11) is 1.57. The number of carbonyl (C=O) groups is 2. The Morgan fingerprint density at radius 1 is 1.27 bits per heavy atom. The number of rotatable bonds is 6. The van der Waals surface area contributed by atoms with Crippen molar-refractivity contribution in [1.29, 1.82) is 0 Å². The van der Waals surface area contributed by atoms with E-state index in [9.17, 15) is 9.59 Å². The Hall–Kier alpha value is -2.94. The minimum atomic E-state index is -0.998. The maximum Gasteiger partial charge on any atom is 0.410 e. The molecule has 1 saturated heterocycles. The van der Waals surface area contributed by atoms with E-state index < -0.39 is 12.1 Å². The molecule has 0 bridgehead atoms. The summed E-state index contributed by atoms with van der Waals surface area (Å²) in [5.74, 6) is -1.19. The number of hydrogen-bond donors (Lipinski definition) is 1. The molecule has 1 aliphatic rings. The molecule has 1 aromatic carbocycles. The van der Waals surface area contributed by atoms with E-state index in [-0.39, 0.29) is 25.2 Å². The molecule has 2 heterocycles. The zero-order valence-electron chi connectivity index (χ0n) is 14.3. The van der Waals surface area contributed by atoms with Gasteiger partial charge in [-0.25, -0.2) is 9.48 Å². The molecule has 0 unspecified atom stereocenters. The molecule has 0 aliphatic carbocycles. The summed E-state index contributed by atoms with van der Waals surface area (Å²) in [6, 6.07) is 9.45. The van der Waals surface area contributed by atoms with Crippen LogP contribution in [0.15, 0.2) is 36.5 Å². The molecule has 1 amide bonds. The number of aliphatic carboxylic acids is 1. The fourth-order valence-corrected chi connectivity index (χ4v) is 2.96. The Morgan fingerprint density at radius 3 is 2.73 bits per heavy atom. The molecule has 1 fully saturated rings. The fourth-order valence-electron chi connectivity index (χ4n) is 2.96. The number of hydrogen-bond acceptors (Lipinski definition) is 6. The SMILES string of the molecule is CO[C@@H]1CN(C(=O)OCc2ccccc2)C[C@H]1c1cn(CC(=O)O)nn1. The largest absolute Gasteiger partial charge is 0.480 e. The van der Waals surface area contributed by atoms with E-state index in [2.05, 4.69) is 10.3 Å². The highest BCUT2D eigenvalue weighted by Gasteiger charge is 2.38. The number of ether oxygens (including phenoxy) is 2. The Morgan fingerprint density at radius 2 is 2.04 bits per heavy atom. The molecular formula is C17H20N4O5. The van der Waals surface area contributed by atoms with Crippen LogP contribution in [-0.2, 0) is 27.4 Å². The number of likely N-dealkylation sites (tertiary alicyclic amines) is 1. The monoisotopic (exact) mass is 360 g/mol. The van der Waals surface area contributed by atoms with Crippen LogP contribution in [0.5, 0.6) is 0 Å². The van der Waals surface area contributed by atoms with Crippen molar-refractivity contribution in [2.75, 3.05) is 20.2 Å². The van der Waals surface area contributed by atoms with Gasteiger partial charge in [-0.05, 0) is 5.56 Å². The molecule has 26 heavy (non-hydrogen) atoms. The minimum Gasteiger partial charge on any atom is -0.480 e. The number of benzene rings is 1. The lowest BCUT2D eigenvalue weighted by Crippen LogP contribution is -2.30.